The molecule has 43 valence electrons. The molecule has 6 heteroatoms. The molecule has 0 aromatic carbocycles. The predicted molar refractivity (Wildman–Crippen MR) is 45.4 cm³/mol. The molecule has 0 rings (SSSR count). The van der Waals surface area contributed by atoms with Crippen LogP contribution in [0.1, 0.15) is 0 Å². The Labute approximate surface area is 58.4 Å². The zero-order chi connectivity index (χ0) is 0. The first-order valence-electron chi connectivity index (χ1n) is 0. The van der Waals surface area contributed by atoms with Gasteiger partial charge in [-0.15, -0.1) is 0 Å². The molecular weight excluding hydrogens is 179 g/mol. The van der Waals surface area contributed by atoms with Crippen molar-refractivity contribution in [2.45, 2.75) is 0 Å². The van der Waals surface area contributed by atoms with Crippen LogP contribution < -0.4 is 6.15 Å². The third-order valence-electron chi connectivity index (χ3n) is 0. The Balaban J connectivity index is 0. The molecule has 0 saturated heterocycles. The summed E-state index contributed by atoms with van der Waals surface area (Å²) in [6, 6.07) is 0. The van der Waals surface area contributed by atoms with Gasteiger partial charge in [0.25, 0.3) is 0 Å². The van der Waals surface area contributed by atoms with E-state index in [9.17, 15) is 0 Å². The summed E-state index contributed by atoms with van der Waals surface area (Å²) < 4.78 is 0. The van der Waals surface area contributed by atoms with Crippen molar-refractivity contribution in [2.75, 3.05) is 0 Å². The SMILES string of the molecule is N.O.P.[B].[SeH2].[SiH4]. The average molecular weight is 193 g/mol. The van der Waals surface area contributed by atoms with Crippen LogP contribution in [0, 0.1) is 0 Å². The van der Waals surface area contributed by atoms with Gasteiger partial charge in [0.2, 0.25) is 0 Å². The summed E-state index contributed by atoms with van der Waals surface area (Å²) in [5.74, 6) is 0. The van der Waals surface area contributed by atoms with Crippen LogP contribution in [0.15, 0.2) is 0 Å². The van der Waals surface area contributed by atoms with E-state index >= 15 is 0 Å². The second-order valence-electron chi connectivity index (χ2n) is 0. The zero-order valence-electron chi connectivity index (χ0n) is 2.99. The molecule has 0 aromatic rings. The standard InChI is InChI=1S/B.H3N.H2O.H3P.H2Se.H4Si/h;1H3;1H2;1H3;1H2;1H4. The molecule has 6 heavy (non-hydrogen) atoms. The average Bonchev–Trinajstić information content (AvgIpc) is 0. The first-order chi connectivity index (χ1) is 0. The van der Waals surface area contributed by atoms with E-state index < -0.39 is 0 Å². The molecule has 0 fully saturated rings. The van der Waals surface area contributed by atoms with Crippen LogP contribution >= 0.6 is 9.90 Å². The minimum Gasteiger partial charge on any atom is -0.0149 e. The van der Waals surface area contributed by atoms with Crippen molar-refractivity contribution in [3.8, 4) is 0 Å². The van der Waals surface area contributed by atoms with Gasteiger partial charge in [0.15, 0.2) is 0 Å². The number of hydrogen-bond acceptors (Lipinski definition) is 1. The van der Waals surface area contributed by atoms with E-state index in [1.807, 2.05) is 0 Å². The van der Waals surface area contributed by atoms with Crippen LogP contribution in [0.25, 0.3) is 0 Å². The van der Waals surface area contributed by atoms with E-state index in [1.54, 1.807) is 0 Å². The maximum absolute atomic E-state index is 0. The fourth-order valence-electron chi connectivity index (χ4n) is 0. The van der Waals surface area contributed by atoms with Gasteiger partial charge in [-0.3, -0.25) is 0 Å². The molecule has 0 spiro atoms. The van der Waals surface area contributed by atoms with Crippen molar-refractivity contribution in [3.05, 3.63) is 0 Å². The summed E-state index contributed by atoms with van der Waals surface area (Å²) in [5.41, 5.74) is 0. The quantitative estimate of drug-likeness (QED) is 0.317. The van der Waals surface area contributed by atoms with Crippen LogP contribution in [0.5, 0.6) is 0 Å². The summed E-state index contributed by atoms with van der Waals surface area (Å²) in [6.45, 7) is 0. The molecular formula is H14BNOPSeSi. The Morgan fingerprint density at radius 1 is 1.00 bits per heavy atom. The molecule has 0 heterocycles. The molecule has 0 aliphatic rings. The van der Waals surface area contributed by atoms with Crippen LogP contribution in [-0.2, 0) is 0 Å². The normalized spacial score (nSPS) is 0. The first-order valence-corrected chi connectivity index (χ1v) is 0. The molecule has 5 N–H and O–H groups in total. The van der Waals surface area contributed by atoms with Crippen LogP contribution in [0.4, 0.5) is 0 Å². The number of rotatable bonds is 0. The smallest absolute Gasteiger partial charge is 0.0149 e. The zero-order valence-corrected chi connectivity index (χ0v) is 6.50. The van der Waals surface area contributed by atoms with Gasteiger partial charge in [0.05, 0.1) is 0 Å². The van der Waals surface area contributed by atoms with Gasteiger partial charge in [-0.05, 0) is 11.0 Å². The Kier molecular flexibility index (Phi) is 4190. The fraction of sp³-hybridized carbons (Fsp3) is 0. The molecule has 3 radical (unpaired) electrons. The molecule has 0 aromatic heterocycles. The second kappa shape index (κ2) is 123. The van der Waals surface area contributed by atoms with Crippen molar-refractivity contribution in [1.82, 2.24) is 6.15 Å². The van der Waals surface area contributed by atoms with Crippen LogP contribution in [-0.4, -0.2) is 41.9 Å². The van der Waals surface area contributed by atoms with E-state index in [0.717, 1.165) is 0 Å². The van der Waals surface area contributed by atoms with E-state index in [1.165, 1.54) is 0 Å². The predicted octanol–water partition coefficient (Wildman–Crippen LogP) is -3.35. The molecule has 0 aliphatic heterocycles. The molecule has 0 amide bonds. The van der Waals surface area contributed by atoms with Crippen molar-refractivity contribution < 1.29 is 5.48 Å². The maximum Gasteiger partial charge on any atom is -0.0149 e. The van der Waals surface area contributed by atoms with E-state index in [2.05, 4.69) is 0 Å². The minimum absolute atomic E-state index is 0. The van der Waals surface area contributed by atoms with Gasteiger partial charge in [0.1, 0.15) is 0 Å². The Hall–Kier alpha value is 1.15. The molecule has 1 unspecified atom stereocenters. The fourth-order valence-corrected chi connectivity index (χ4v) is 0. The summed E-state index contributed by atoms with van der Waals surface area (Å²) in [5, 5.41) is 0. The third-order valence-corrected chi connectivity index (χ3v) is 0. The Morgan fingerprint density at radius 2 is 1.00 bits per heavy atom. The summed E-state index contributed by atoms with van der Waals surface area (Å²) in [4.78, 5) is 0. The van der Waals surface area contributed by atoms with Gasteiger partial charge in [-0.1, -0.05) is 0 Å². The minimum atomic E-state index is 0. The van der Waals surface area contributed by atoms with Gasteiger partial charge in [-0.2, -0.15) is 9.90 Å². The van der Waals surface area contributed by atoms with Crippen molar-refractivity contribution in [3.63, 3.8) is 0 Å². The van der Waals surface area contributed by atoms with E-state index in [4.69, 9.17) is 0 Å². The van der Waals surface area contributed by atoms with Crippen molar-refractivity contribution in [2.24, 2.45) is 0 Å². The van der Waals surface area contributed by atoms with Crippen LogP contribution in [0.3, 0.4) is 0 Å². The third kappa shape index (κ3) is 67.0. The second-order valence-corrected chi connectivity index (χ2v) is 0. The molecule has 0 aliphatic carbocycles. The Bertz CT molecular complexity index is 15.5. The number of hydrogen-bond donors (Lipinski definition) is 1. The molecule has 0 saturated carbocycles. The largest absolute Gasteiger partial charge is 0.0149 e. The molecule has 2 nitrogen and oxygen atoms in total. The van der Waals surface area contributed by atoms with Crippen molar-refractivity contribution >= 4 is 46.3 Å². The monoisotopic (exact) mass is 194 g/mol. The first kappa shape index (κ1) is 204. The molecule has 0 bridgehead atoms. The van der Waals surface area contributed by atoms with Gasteiger partial charge in [-0.25, -0.2) is 0 Å². The summed E-state index contributed by atoms with van der Waals surface area (Å²) in [6.07, 6.45) is 0. The van der Waals surface area contributed by atoms with Gasteiger partial charge in [0, 0.05) is 8.41 Å². The molecule has 1 atom stereocenters. The van der Waals surface area contributed by atoms with E-state index in [0.29, 0.717) is 0 Å². The topological polar surface area (TPSA) is 66.5 Å². The van der Waals surface area contributed by atoms with Crippen molar-refractivity contribution in [1.29, 1.82) is 0 Å². The summed E-state index contributed by atoms with van der Waals surface area (Å²) >= 11 is 0. The Morgan fingerprint density at radius 3 is 1.00 bits per heavy atom. The van der Waals surface area contributed by atoms with Crippen LogP contribution in [0.2, 0.25) is 0 Å². The van der Waals surface area contributed by atoms with Gasteiger partial charge < -0.3 is 11.6 Å². The summed E-state index contributed by atoms with van der Waals surface area (Å²) in [7, 11) is 0. The van der Waals surface area contributed by atoms with Gasteiger partial charge >= 0.3 is 17.1 Å². The maximum atomic E-state index is 0. The van der Waals surface area contributed by atoms with E-state index in [-0.39, 0.29) is 58.0 Å².